The van der Waals surface area contributed by atoms with Crippen molar-refractivity contribution in [2.45, 2.75) is 20.0 Å². The molecule has 0 aliphatic heterocycles. The summed E-state index contributed by atoms with van der Waals surface area (Å²) in [5.41, 5.74) is 0.819. The Morgan fingerprint density at radius 2 is 1.81 bits per heavy atom. The summed E-state index contributed by atoms with van der Waals surface area (Å²) in [5, 5.41) is 11.5. The van der Waals surface area contributed by atoms with Crippen LogP contribution in [-0.2, 0) is 4.79 Å². The van der Waals surface area contributed by atoms with E-state index in [9.17, 15) is 9.59 Å². The maximum atomic E-state index is 12.5. The SMILES string of the molecule is COc1cc(C(=O)Nc2ccc(OCC(=O)O)c(Cl)c2)ccc1OC(C)C. The molecule has 2 N–H and O–H groups in total. The second-order valence-electron chi connectivity index (χ2n) is 5.81. The summed E-state index contributed by atoms with van der Waals surface area (Å²) in [4.78, 5) is 23.0. The molecule has 0 unspecified atom stereocenters. The number of benzene rings is 2. The smallest absolute Gasteiger partial charge is 0.341 e. The van der Waals surface area contributed by atoms with Crippen molar-refractivity contribution in [1.29, 1.82) is 0 Å². The van der Waals surface area contributed by atoms with Gasteiger partial charge in [-0.1, -0.05) is 11.6 Å². The molecule has 0 saturated heterocycles. The first kappa shape index (κ1) is 20.4. The molecule has 0 bridgehead atoms. The van der Waals surface area contributed by atoms with Crippen LogP contribution in [0.3, 0.4) is 0 Å². The Balaban J connectivity index is 2.12. The van der Waals surface area contributed by atoms with Gasteiger partial charge in [-0.2, -0.15) is 0 Å². The summed E-state index contributed by atoms with van der Waals surface area (Å²) in [7, 11) is 1.50. The van der Waals surface area contributed by atoms with Crippen LogP contribution < -0.4 is 19.5 Å². The normalized spacial score (nSPS) is 10.4. The number of ether oxygens (including phenoxy) is 3. The number of rotatable bonds is 8. The summed E-state index contributed by atoms with van der Waals surface area (Å²) in [5.74, 6) is -0.255. The number of methoxy groups -OCH3 is 1. The topological polar surface area (TPSA) is 94.1 Å². The van der Waals surface area contributed by atoms with E-state index in [1.165, 1.54) is 19.2 Å². The van der Waals surface area contributed by atoms with Crippen LogP contribution in [0.25, 0.3) is 0 Å². The predicted octanol–water partition coefficient (Wildman–Crippen LogP) is 3.85. The first-order valence-electron chi connectivity index (χ1n) is 8.10. The molecule has 0 heterocycles. The number of carbonyl (C=O) groups excluding carboxylic acids is 1. The number of anilines is 1. The van der Waals surface area contributed by atoms with Crippen molar-refractivity contribution in [1.82, 2.24) is 0 Å². The highest BCUT2D eigenvalue weighted by molar-refractivity contribution is 6.32. The third-order valence-electron chi connectivity index (χ3n) is 3.33. The fourth-order valence-corrected chi connectivity index (χ4v) is 2.43. The van der Waals surface area contributed by atoms with Gasteiger partial charge in [-0.25, -0.2) is 4.79 Å². The van der Waals surface area contributed by atoms with Gasteiger partial charge in [0.1, 0.15) is 5.75 Å². The van der Waals surface area contributed by atoms with Gasteiger partial charge >= 0.3 is 5.97 Å². The van der Waals surface area contributed by atoms with Crippen LogP contribution in [0.5, 0.6) is 17.2 Å². The molecule has 0 spiro atoms. The number of aliphatic carboxylic acids is 1. The van der Waals surface area contributed by atoms with E-state index in [2.05, 4.69) is 5.32 Å². The van der Waals surface area contributed by atoms with Crippen molar-refractivity contribution in [3.63, 3.8) is 0 Å². The standard InChI is InChI=1S/C19H20ClNO6/c1-11(2)27-16-6-4-12(8-17(16)25-3)19(24)21-13-5-7-15(14(20)9-13)26-10-18(22)23/h4-9,11H,10H2,1-3H3,(H,21,24)(H,22,23). The lowest BCUT2D eigenvalue weighted by atomic mass is 10.1. The average Bonchev–Trinajstić information content (AvgIpc) is 2.60. The molecule has 0 aliphatic rings. The average molecular weight is 394 g/mol. The number of hydrogen-bond donors (Lipinski definition) is 2. The number of halogens is 1. The number of carboxylic acids is 1. The number of carbonyl (C=O) groups is 2. The minimum absolute atomic E-state index is 0.0254. The quantitative estimate of drug-likeness (QED) is 0.707. The first-order valence-corrected chi connectivity index (χ1v) is 8.48. The number of hydrogen-bond acceptors (Lipinski definition) is 5. The molecule has 0 aromatic heterocycles. The van der Waals surface area contributed by atoms with Crippen LogP contribution in [0.2, 0.25) is 5.02 Å². The van der Waals surface area contributed by atoms with Crippen molar-refractivity contribution >= 4 is 29.2 Å². The van der Waals surface area contributed by atoms with E-state index in [-0.39, 0.29) is 22.8 Å². The largest absolute Gasteiger partial charge is 0.493 e. The van der Waals surface area contributed by atoms with Crippen LogP contribution >= 0.6 is 11.6 Å². The molecule has 2 aromatic carbocycles. The summed E-state index contributed by atoms with van der Waals surface area (Å²) >= 11 is 6.05. The number of amides is 1. The molecule has 8 heteroatoms. The maximum absolute atomic E-state index is 12.5. The second kappa shape index (κ2) is 9.14. The molecule has 2 aromatic rings. The van der Waals surface area contributed by atoms with Crippen molar-refractivity contribution in [2.24, 2.45) is 0 Å². The molecule has 2 rings (SSSR count). The zero-order chi connectivity index (χ0) is 20.0. The lowest BCUT2D eigenvalue weighted by Gasteiger charge is -2.14. The van der Waals surface area contributed by atoms with Crippen molar-refractivity contribution < 1.29 is 28.9 Å². The molecule has 0 aliphatic carbocycles. The Morgan fingerprint density at radius 3 is 2.41 bits per heavy atom. The highest BCUT2D eigenvalue weighted by Crippen LogP contribution is 2.30. The van der Waals surface area contributed by atoms with E-state index >= 15 is 0 Å². The van der Waals surface area contributed by atoms with E-state index < -0.39 is 12.6 Å². The Morgan fingerprint density at radius 1 is 1.11 bits per heavy atom. The lowest BCUT2D eigenvalue weighted by Crippen LogP contribution is -2.13. The maximum Gasteiger partial charge on any atom is 0.341 e. The van der Waals surface area contributed by atoms with E-state index in [1.54, 1.807) is 24.3 Å². The van der Waals surface area contributed by atoms with Gasteiger partial charge in [-0.15, -0.1) is 0 Å². The summed E-state index contributed by atoms with van der Waals surface area (Å²) < 4.78 is 15.9. The molecule has 0 radical (unpaired) electrons. The highest BCUT2D eigenvalue weighted by atomic mass is 35.5. The van der Waals surface area contributed by atoms with Crippen molar-refractivity contribution in [3.05, 3.63) is 47.0 Å². The van der Waals surface area contributed by atoms with Gasteiger partial charge in [0.25, 0.3) is 5.91 Å². The summed E-state index contributed by atoms with van der Waals surface area (Å²) in [6.45, 7) is 3.29. The second-order valence-corrected chi connectivity index (χ2v) is 6.22. The molecular formula is C19H20ClNO6. The fraction of sp³-hybridized carbons (Fsp3) is 0.263. The minimum atomic E-state index is -1.11. The number of nitrogens with one attached hydrogen (secondary N) is 1. The Hall–Kier alpha value is -2.93. The Bertz CT molecular complexity index is 837. The van der Waals surface area contributed by atoms with Crippen LogP contribution in [0.15, 0.2) is 36.4 Å². The van der Waals surface area contributed by atoms with E-state index in [4.69, 9.17) is 30.9 Å². The summed E-state index contributed by atoms with van der Waals surface area (Å²) in [6.07, 6.45) is -0.0254. The lowest BCUT2D eigenvalue weighted by molar-refractivity contribution is -0.139. The van der Waals surface area contributed by atoms with Crippen LogP contribution in [0, 0.1) is 0 Å². The third kappa shape index (κ3) is 5.79. The third-order valence-corrected chi connectivity index (χ3v) is 3.62. The zero-order valence-electron chi connectivity index (χ0n) is 15.1. The minimum Gasteiger partial charge on any atom is -0.493 e. The van der Waals surface area contributed by atoms with Gasteiger partial charge in [-0.05, 0) is 50.2 Å². The Kier molecular flexibility index (Phi) is 6.90. The monoisotopic (exact) mass is 393 g/mol. The molecule has 0 saturated carbocycles. The highest BCUT2D eigenvalue weighted by Gasteiger charge is 2.13. The zero-order valence-corrected chi connectivity index (χ0v) is 15.9. The van der Waals surface area contributed by atoms with E-state index in [1.807, 2.05) is 13.8 Å². The molecule has 0 fully saturated rings. The van der Waals surface area contributed by atoms with Gasteiger partial charge in [-0.3, -0.25) is 4.79 Å². The molecule has 1 amide bonds. The fourth-order valence-electron chi connectivity index (χ4n) is 2.20. The van der Waals surface area contributed by atoms with Gasteiger partial charge in [0.15, 0.2) is 18.1 Å². The summed E-state index contributed by atoms with van der Waals surface area (Å²) in [6, 6.07) is 9.41. The first-order chi connectivity index (χ1) is 12.8. The molecular weight excluding hydrogens is 374 g/mol. The van der Waals surface area contributed by atoms with Crippen LogP contribution in [-0.4, -0.2) is 36.8 Å². The van der Waals surface area contributed by atoms with Gasteiger partial charge < -0.3 is 24.6 Å². The van der Waals surface area contributed by atoms with E-state index in [0.29, 0.717) is 22.7 Å². The van der Waals surface area contributed by atoms with E-state index in [0.717, 1.165) is 0 Å². The van der Waals surface area contributed by atoms with Crippen LogP contribution in [0.1, 0.15) is 24.2 Å². The molecule has 27 heavy (non-hydrogen) atoms. The van der Waals surface area contributed by atoms with Crippen LogP contribution in [0.4, 0.5) is 5.69 Å². The molecule has 144 valence electrons. The van der Waals surface area contributed by atoms with Gasteiger partial charge in [0.2, 0.25) is 0 Å². The number of carboxylic acid groups (broad SMARTS) is 1. The Labute approximate surface area is 161 Å². The predicted molar refractivity (Wildman–Crippen MR) is 101 cm³/mol. The van der Waals surface area contributed by atoms with Gasteiger partial charge in [0.05, 0.1) is 18.2 Å². The van der Waals surface area contributed by atoms with Crippen molar-refractivity contribution in [2.75, 3.05) is 19.0 Å². The molecule has 7 nitrogen and oxygen atoms in total. The van der Waals surface area contributed by atoms with Crippen molar-refractivity contribution in [3.8, 4) is 17.2 Å². The molecule has 0 atom stereocenters. The van der Waals surface area contributed by atoms with Gasteiger partial charge in [0, 0.05) is 11.3 Å².